The summed E-state index contributed by atoms with van der Waals surface area (Å²) >= 11 is 0. The Morgan fingerprint density at radius 1 is 0.895 bits per heavy atom. The molecule has 2 heterocycles. The maximum absolute atomic E-state index is 13.9. The van der Waals surface area contributed by atoms with Gasteiger partial charge in [0.15, 0.2) is 0 Å². The van der Waals surface area contributed by atoms with Gasteiger partial charge in [-0.15, -0.1) is 0 Å². The fourth-order valence-electron chi connectivity index (χ4n) is 4.79. The van der Waals surface area contributed by atoms with Gasteiger partial charge in [0, 0.05) is 24.8 Å². The smallest absolute Gasteiger partial charge is 0.270 e. The van der Waals surface area contributed by atoms with Crippen LogP contribution in [-0.2, 0) is 16.6 Å². The number of hydrogen-bond donors (Lipinski definition) is 2. The Kier molecular flexibility index (Phi) is 7.75. The van der Waals surface area contributed by atoms with E-state index in [0.29, 0.717) is 24.6 Å². The molecule has 5 rings (SSSR count). The number of nitrogens with zero attached hydrogens (tertiary/aromatic N) is 2. The summed E-state index contributed by atoms with van der Waals surface area (Å²) in [4.78, 5) is 27.2. The van der Waals surface area contributed by atoms with Crippen molar-refractivity contribution in [3.63, 3.8) is 0 Å². The lowest BCUT2D eigenvalue weighted by molar-refractivity contribution is -0.118. The summed E-state index contributed by atoms with van der Waals surface area (Å²) in [6, 6.07) is 28.1. The number of aromatic nitrogens is 2. The van der Waals surface area contributed by atoms with Crippen LogP contribution in [0.25, 0.3) is 5.57 Å². The van der Waals surface area contributed by atoms with E-state index in [4.69, 9.17) is 4.74 Å². The van der Waals surface area contributed by atoms with E-state index in [1.54, 1.807) is 19.3 Å². The van der Waals surface area contributed by atoms with Crippen LogP contribution in [0.15, 0.2) is 103 Å². The van der Waals surface area contributed by atoms with E-state index in [1.165, 1.54) is 10.3 Å². The topological polar surface area (TPSA) is 85.2 Å². The molecule has 2 N–H and O–H groups in total. The quantitative estimate of drug-likeness (QED) is 0.360. The van der Waals surface area contributed by atoms with Crippen molar-refractivity contribution in [3.8, 4) is 0 Å². The van der Waals surface area contributed by atoms with Crippen LogP contribution in [0.5, 0.6) is 0 Å². The van der Waals surface area contributed by atoms with Crippen LogP contribution in [-0.4, -0.2) is 40.9 Å². The standard InChI is InChI=1S/C31H30N4O3/c1-35-27(16-19-32-35)30(36)34-29(28(24-8-4-2-5-9-24)25-10-6-3-7-11-25)31(37)33-26-14-12-22(13-15-26)23-17-20-38-21-18-23/h2-17,19,28-29H,18,20-21H2,1H3,(H,33,37)(H,34,36)/t29-/m0/s1. The van der Waals surface area contributed by atoms with E-state index in [9.17, 15) is 9.59 Å². The van der Waals surface area contributed by atoms with Crippen molar-refractivity contribution in [2.75, 3.05) is 18.5 Å². The molecule has 0 aliphatic carbocycles. The fourth-order valence-corrected chi connectivity index (χ4v) is 4.79. The number of rotatable bonds is 8. The average molecular weight is 507 g/mol. The number of anilines is 1. The highest BCUT2D eigenvalue weighted by atomic mass is 16.5. The zero-order chi connectivity index (χ0) is 26.3. The van der Waals surface area contributed by atoms with Crippen LogP contribution in [0.2, 0.25) is 0 Å². The number of amides is 2. The summed E-state index contributed by atoms with van der Waals surface area (Å²) in [5.41, 5.74) is 5.22. The molecule has 38 heavy (non-hydrogen) atoms. The minimum absolute atomic E-state index is 0.309. The highest BCUT2D eigenvalue weighted by molar-refractivity contribution is 6.01. The van der Waals surface area contributed by atoms with Crippen LogP contribution in [0, 0.1) is 0 Å². The Morgan fingerprint density at radius 2 is 1.55 bits per heavy atom. The molecule has 0 spiro atoms. The molecule has 0 unspecified atom stereocenters. The molecule has 0 radical (unpaired) electrons. The third-order valence-corrected chi connectivity index (χ3v) is 6.76. The summed E-state index contributed by atoms with van der Waals surface area (Å²) in [6.07, 6.45) is 4.51. The first-order valence-corrected chi connectivity index (χ1v) is 12.7. The van der Waals surface area contributed by atoms with Crippen molar-refractivity contribution in [2.24, 2.45) is 7.05 Å². The normalized spacial score (nSPS) is 14.0. The number of hydrogen-bond acceptors (Lipinski definition) is 4. The first-order chi connectivity index (χ1) is 18.6. The van der Waals surface area contributed by atoms with Gasteiger partial charge in [0.25, 0.3) is 5.91 Å². The van der Waals surface area contributed by atoms with Crippen LogP contribution in [0.3, 0.4) is 0 Å². The molecule has 3 aromatic carbocycles. The van der Waals surface area contributed by atoms with Gasteiger partial charge < -0.3 is 15.4 Å². The van der Waals surface area contributed by atoms with Gasteiger partial charge in [-0.3, -0.25) is 14.3 Å². The number of carbonyl (C=O) groups excluding carboxylic acids is 2. The van der Waals surface area contributed by atoms with Gasteiger partial charge in [-0.1, -0.05) is 78.9 Å². The molecule has 0 saturated carbocycles. The molecule has 1 aliphatic heterocycles. The first-order valence-electron chi connectivity index (χ1n) is 12.7. The van der Waals surface area contributed by atoms with Crippen molar-refractivity contribution in [1.82, 2.24) is 15.1 Å². The first kappa shape index (κ1) is 25.2. The third kappa shape index (κ3) is 5.74. The summed E-state index contributed by atoms with van der Waals surface area (Å²) in [7, 11) is 1.70. The zero-order valence-electron chi connectivity index (χ0n) is 21.2. The van der Waals surface area contributed by atoms with E-state index < -0.39 is 12.0 Å². The molecule has 0 saturated heterocycles. The van der Waals surface area contributed by atoms with Crippen molar-refractivity contribution in [2.45, 2.75) is 18.4 Å². The molecule has 1 atom stereocenters. The van der Waals surface area contributed by atoms with Crippen molar-refractivity contribution in [1.29, 1.82) is 0 Å². The molecule has 7 heteroatoms. The number of aryl methyl sites for hydroxylation is 1. The highest BCUT2D eigenvalue weighted by Crippen LogP contribution is 2.30. The lowest BCUT2D eigenvalue weighted by Crippen LogP contribution is -2.48. The highest BCUT2D eigenvalue weighted by Gasteiger charge is 2.33. The fraction of sp³-hybridized carbons (Fsp3) is 0.194. The third-order valence-electron chi connectivity index (χ3n) is 6.76. The number of ether oxygens (including phenoxy) is 1. The molecule has 7 nitrogen and oxygen atoms in total. The van der Waals surface area contributed by atoms with Crippen LogP contribution in [0.4, 0.5) is 5.69 Å². The van der Waals surface area contributed by atoms with Crippen molar-refractivity contribution < 1.29 is 14.3 Å². The van der Waals surface area contributed by atoms with E-state index in [0.717, 1.165) is 23.1 Å². The molecule has 2 amide bonds. The number of carbonyl (C=O) groups is 2. The molecular weight excluding hydrogens is 476 g/mol. The molecule has 192 valence electrons. The van der Waals surface area contributed by atoms with Gasteiger partial charge in [0.1, 0.15) is 11.7 Å². The summed E-state index contributed by atoms with van der Waals surface area (Å²) in [5, 5.41) is 10.2. The lowest BCUT2D eigenvalue weighted by Gasteiger charge is -2.28. The Morgan fingerprint density at radius 3 is 2.11 bits per heavy atom. The van der Waals surface area contributed by atoms with Crippen LogP contribution in [0.1, 0.15) is 39.5 Å². The van der Waals surface area contributed by atoms with Gasteiger partial charge in [0.05, 0.1) is 13.2 Å². The minimum Gasteiger partial charge on any atom is -0.377 e. The van der Waals surface area contributed by atoms with E-state index in [-0.39, 0.29) is 11.8 Å². The summed E-state index contributed by atoms with van der Waals surface area (Å²) in [6.45, 7) is 1.33. The van der Waals surface area contributed by atoms with Gasteiger partial charge in [-0.25, -0.2) is 0 Å². The van der Waals surface area contributed by atoms with Gasteiger partial charge in [-0.05, 0) is 46.9 Å². The monoisotopic (exact) mass is 506 g/mol. The maximum atomic E-state index is 13.9. The minimum atomic E-state index is -0.889. The number of nitrogens with one attached hydrogen (secondary N) is 2. The van der Waals surface area contributed by atoms with Crippen LogP contribution < -0.4 is 10.6 Å². The van der Waals surface area contributed by atoms with Crippen molar-refractivity contribution in [3.05, 3.63) is 126 Å². The second kappa shape index (κ2) is 11.7. The Bertz CT molecular complexity index is 1370. The Labute approximate surface area is 222 Å². The second-order valence-electron chi connectivity index (χ2n) is 9.21. The molecular formula is C31H30N4O3. The SMILES string of the molecule is Cn1nccc1C(=O)N[C@H](C(=O)Nc1ccc(C2=CCOCC2)cc1)C(c1ccccc1)c1ccccc1. The van der Waals surface area contributed by atoms with E-state index in [1.807, 2.05) is 84.9 Å². The molecule has 0 fully saturated rings. The van der Waals surface area contributed by atoms with Gasteiger partial charge in [-0.2, -0.15) is 5.10 Å². The molecule has 1 aliphatic rings. The summed E-state index contributed by atoms with van der Waals surface area (Å²) < 4.78 is 6.91. The Balaban J connectivity index is 1.47. The summed E-state index contributed by atoms with van der Waals surface area (Å²) in [5.74, 6) is -1.10. The molecule has 1 aromatic heterocycles. The van der Waals surface area contributed by atoms with Crippen LogP contribution >= 0.6 is 0 Å². The molecule has 4 aromatic rings. The lowest BCUT2D eigenvalue weighted by atomic mass is 9.84. The molecule has 0 bridgehead atoms. The predicted molar refractivity (Wildman–Crippen MR) is 148 cm³/mol. The maximum Gasteiger partial charge on any atom is 0.270 e. The second-order valence-corrected chi connectivity index (χ2v) is 9.21. The predicted octanol–water partition coefficient (Wildman–Crippen LogP) is 4.79. The zero-order valence-corrected chi connectivity index (χ0v) is 21.2. The average Bonchev–Trinajstić information content (AvgIpc) is 3.40. The van der Waals surface area contributed by atoms with Crippen molar-refractivity contribution >= 4 is 23.1 Å². The number of benzene rings is 3. The van der Waals surface area contributed by atoms with E-state index in [2.05, 4.69) is 21.8 Å². The largest absolute Gasteiger partial charge is 0.377 e. The van der Waals surface area contributed by atoms with Gasteiger partial charge in [0.2, 0.25) is 5.91 Å². The van der Waals surface area contributed by atoms with Gasteiger partial charge >= 0.3 is 0 Å². The Hall–Kier alpha value is -4.49. The van der Waals surface area contributed by atoms with E-state index >= 15 is 0 Å².